The first-order valence-electron chi connectivity index (χ1n) is 10.6. The summed E-state index contributed by atoms with van der Waals surface area (Å²) in [5.74, 6) is 7.19. The second-order valence-corrected chi connectivity index (χ2v) is 9.04. The number of nitrogens with zero attached hydrogens (tertiary/aromatic N) is 2. The Morgan fingerprint density at radius 3 is 2.76 bits per heavy atom. The third kappa shape index (κ3) is 4.40. The SMILES string of the molecule is C=C1NC(=O)C(C)(C#Cc2cccc3nc(NC)sc23)N1.COc1ccc2c(c1)C(=O)N(C)C2. The summed E-state index contributed by atoms with van der Waals surface area (Å²) in [6.07, 6.45) is 0. The number of thiazole rings is 1. The Balaban J connectivity index is 0.000000180. The molecule has 2 aliphatic rings. The van der Waals surface area contributed by atoms with E-state index in [1.165, 1.54) is 0 Å². The van der Waals surface area contributed by atoms with Gasteiger partial charge in [-0.1, -0.05) is 41.9 Å². The van der Waals surface area contributed by atoms with Gasteiger partial charge in [-0.25, -0.2) is 4.98 Å². The molecule has 3 N–H and O–H groups in total. The zero-order chi connectivity index (χ0) is 24.5. The molecule has 2 aliphatic heterocycles. The van der Waals surface area contributed by atoms with Gasteiger partial charge >= 0.3 is 0 Å². The van der Waals surface area contributed by atoms with Crippen LogP contribution >= 0.6 is 11.3 Å². The van der Waals surface area contributed by atoms with Crippen molar-refractivity contribution in [1.82, 2.24) is 20.5 Å². The number of nitrogens with one attached hydrogen (secondary N) is 3. The number of hydrogen-bond acceptors (Lipinski definition) is 7. The third-order valence-corrected chi connectivity index (χ3v) is 6.62. The van der Waals surface area contributed by atoms with Gasteiger partial charge in [-0.05, 0) is 36.8 Å². The quantitative estimate of drug-likeness (QED) is 0.494. The molecule has 1 atom stereocenters. The van der Waals surface area contributed by atoms with Gasteiger partial charge in [-0.3, -0.25) is 9.59 Å². The Hall–Kier alpha value is -4.03. The van der Waals surface area contributed by atoms with Crippen LogP contribution in [0, 0.1) is 11.8 Å². The van der Waals surface area contributed by atoms with Gasteiger partial charge < -0.3 is 25.6 Å². The number of fused-ring (bicyclic) bond motifs is 2. The molecule has 0 bridgehead atoms. The molecular formula is C25H25N5O3S. The van der Waals surface area contributed by atoms with Crippen LogP contribution in [0.1, 0.15) is 28.4 Å². The van der Waals surface area contributed by atoms with E-state index in [0.29, 0.717) is 12.4 Å². The summed E-state index contributed by atoms with van der Waals surface area (Å²) in [6.45, 7) is 6.13. The molecule has 5 rings (SSSR count). The Labute approximate surface area is 202 Å². The first-order chi connectivity index (χ1) is 16.2. The highest BCUT2D eigenvalue weighted by Gasteiger charge is 2.37. The fourth-order valence-corrected chi connectivity index (χ4v) is 4.53. The zero-order valence-corrected chi connectivity index (χ0v) is 20.2. The predicted molar refractivity (Wildman–Crippen MR) is 134 cm³/mol. The molecule has 0 saturated carbocycles. The second-order valence-electron chi connectivity index (χ2n) is 8.04. The maximum absolute atomic E-state index is 11.9. The lowest BCUT2D eigenvalue weighted by molar-refractivity contribution is -0.121. The normalized spacial score (nSPS) is 18.4. The van der Waals surface area contributed by atoms with Crippen LogP contribution < -0.4 is 20.7 Å². The van der Waals surface area contributed by atoms with Crippen LogP contribution in [0.5, 0.6) is 5.75 Å². The highest BCUT2D eigenvalue weighted by atomic mass is 32.1. The molecule has 2 aromatic carbocycles. The van der Waals surface area contributed by atoms with Crippen LogP contribution in [0.4, 0.5) is 5.13 Å². The Bertz CT molecular complexity index is 1370. The van der Waals surface area contributed by atoms with E-state index in [2.05, 4.69) is 39.4 Å². The first-order valence-corrected chi connectivity index (χ1v) is 11.4. The fourth-order valence-electron chi connectivity index (χ4n) is 3.64. The van der Waals surface area contributed by atoms with Crippen molar-refractivity contribution in [3.8, 4) is 17.6 Å². The van der Waals surface area contributed by atoms with E-state index in [9.17, 15) is 9.59 Å². The third-order valence-electron chi connectivity index (χ3n) is 5.50. The molecule has 34 heavy (non-hydrogen) atoms. The van der Waals surface area contributed by atoms with Gasteiger partial charge in [-0.15, -0.1) is 0 Å². The van der Waals surface area contributed by atoms with Crippen molar-refractivity contribution in [3.63, 3.8) is 0 Å². The zero-order valence-electron chi connectivity index (χ0n) is 19.4. The van der Waals surface area contributed by atoms with Crippen molar-refractivity contribution >= 4 is 38.5 Å². The number of benzene rings is 2. The molecule has 9 heteroatoms. The molecule has 1 saturated heterocycles. The van der Waals surface area contributed by atoms with Crippen molar-refractivity contribution in [1.29, 1.82) is 0 Å². The molecule has 1 unspecified atom stereocenters. The van der Waals surface area contributed by atoms with E-state index >= 15 is 0 Å². The number of hydrogen-bond donors (Lipinski definition) is 3. The van der Waals surface area contributed by atoms with Crippen LogP contribution in [-0.4, -0.2) is 48.4 Å². The number of amides is 2. The lowest BCUT2D eigenvalue weighted by Gasteiger charge is -2.12. The lowest BCUT2D eigenvalue weighted by Crippen LogP contribution is -2.41. The highest BCUT2D eigenvalue weighted by Crippen LogP contribution is 2.28. The molecular weight excluding hydrogens is 450 g/mol. The van der Waals surface area contributed by atoms with E-state index in [-0.39, 0.29) is 11.8 Å². The average molecular weight is 476 g/mol. The smallest absolute Gasteiger partial charge is 0.263 e. The van der Waals surface area contributed by atoms with Crippen molar-refractivity contribution < 1.29 is 14.3 Å². The summed E-state index contributed by atoms with van der Waals surface area (Å²) in [7, 11) is 5.24. The lowest BCUT2D eigenvalue weighted by atomic mass is 10.0. The van der Waals surface area contributed by atoms with E-state index in [0.717, 1.165) is 37.8 Å². The van der Waals surface area contributed by atoms with E-state index in [4.69, 9.17) is 4.74 Å². The van der Waals surface area contributed by atoms with E-state index < -0.39 is 5.54 Å². The minimum atomic E-state index is -0.949. The van der Waals surface area contributed by atoms with E-state index in [1.807, 2.05) is 37.4 Å². The van der Waals surface area contributed by atoms with Crippen LogP contribution in [-0.2, 0) is 11.3 Å². The Morgan fingerprint density at radius 2 is 2.09 bits per heavy atom. The van der Waals surface area contributed by atoms with Crippen molar-refractivity contribution in [2.45, 2.75) is 19.0 Å². The topological polar surface area (TPSA) is 95.6 Å². The molecule has 174 valence electrons. The summed E-state index contributed by atoms with van der Waals surface area (Å²) >= 11 is 1.54. The molecule has 3 aromatic rings. The van der Waals surface area contributed by atoms with E-state index in [1.54, 1.807) is 43.4 Å². The molecule has 3 heterocycles. The summed E-state index contributed by atoms with van der Waals surface area (Å²) in [4.78, 5) is 29.6. The maximum Gasteiger partial charge on any atom is 0.263 e. The average Bonchev–Trinajstić information content (AvgIpc) is 3.46. The van der Waals surface area contributed by atoms with Crippen molar-refractivity contribution in [2.75, 3.05) is 26.5 Å². The molecule has 1 fully saturated rings. The number of anilines is 1. The molecule has 1 aromatic heterocycles. The minimum Gasteiger partial charge on any atom is -0.497 e. The molecule has 0 radical (unpaired) electrons. The summed E-state index contributed by atoms with van der Waals surface area (Å²) < 4.78 is 6.06. The molecule has 0 aliphatic carbocycles. The number of carbonyl (C=O) groups excluding carboxylic acids is 2. The first kappa shape index (κ1) is 23.1. The van der Waals surface area contributed by atoms with Crippen LogP contribution in [0.25, 0.3) is 10.2 Å². The Morgan fingerprint density at radius 1 is 1.29 bits per heavy atom. The van der Waals surface area contributed by atoms with Gasteiger partial charge in [0.2, 0.25) is 0 Å². The number of ether oxygens (including phenoxy) is 1. The number of rotatable bonds is 2. The van der Waals surface area contributed by atoms with Crippen LogP contribution in [0.15, 0.2) is 48.8 Å². The van der Waals surface area contributed by atoms with Crippen LogP contribution in [0.2, 0.25) is 0 Å². The van der Waals surface area contributed by atoms with Gasteiger partial charge in [-0.2, -0.15) is 0 Å². The van der Waals surface area contributed by atoms with Gasteiger partial charge in [0.05, 0.1) is 23.1 Å². The Kier molecular flexibility index (Phi) is 6.18. The highest BCUT2D eigenvalue weighted by molar-refractivity contribution is 7.22. The van der Waals surface area contributed by atoms with Crippen molar-refractivity contribution in [2.24, 2.45) is 0 Å². The monoisotopic (exact) mass is 475 g/mol. The number of aromatic nitrogens is 1. The number of carbonyl (C=O) groups is 2. The molecule has 0 spiro atoms. The fraction of sp³-hybridized carbons (Fsp3) is 0.240. The van der Waals surface area contributed by atoms with Crippen LogP contribution in [0.3, 0.4) is 0 Å². The summed E-state index contributed by atoms with van der Waals surface area (Å²) in [5, 5.41) is 9.46. The van der Waals surface area contributed by atoms with Gasteiger partial charge in [0.1, 0.15) is 5.75 Å². The summed E-state index contributed by atoms with van der Waals surface area (Å²) in [6, 6.07) is 11.4. The summed E-state index contributed by atoms with van der Waals surface area (Å²) in [5.41, 5.74) is 2.65. The predicted octanol–water partition coefficient (Wildman–Crippen LogP) is 2.92. The second kappa shape index (κ2) is 9.08. The van der Waals surface area contributed by atoms with Gasteiger partial charge in [0.15, 0.2) is 10.7 Å². The van der Waals surface area contributed by atoms with Gasteiger partial charge in [0, 0.05) is 31.8 Å². The largest absolute Gasteiger partial charge is 0.497 e. The molecule has 8 nitrogen and oxygen atoms in total. The molecule has 2 amide bonds. The number of methoxy groups -OCH3 is 1. The standard InChI is InChI=1S/C15H14N4OS.C10H11NO2/c1-9-17-13(20)15(2,19-9)8-7-10-5-4-6-11-12(10)21-14(16-3)18-11;1-11-6-7-3-4-8(13-2)5-9(7)10(11)12/h4-6,19H,1H2,2-3H3,(H,16,18)(H,17,20);3-5H,6H2,1-2H3. The minimum absolute atomic E-state index is 0.0777. The van der Waals surface area contributed by atoms with Gasteiger partial charge in [0.25, 0.3) is 11.8 Å². The van der Waals surface area contributed by atoms with Crippen molar-refractivity contribution in [3.05, 3.63) is 65.5 Å². The maximum atomic E-state index is 11.9.